The van der Waals surface area contributed by atoms with Crippen molar-refractivity contribution in [2.45, 2.75) is 24.6 Å². The summed E-state index contributed by atoms with van der Waals surface area (Å²) in [7, 11) is -0.852. The van der Waals surface area contributed by atoms with Gasteiger partial charge in [0, 0.05) is 20.6 Å². The summed E-state index contributed by atoms with van der Waals surface area (Å²) in [6.45, 7) is 0. The van der Waals surface area contributed by atoms with Gasteiger partial charge in [-0.1, -0.05) is 24.3 Å². The van der Waals surface area contributed by atoms with Crippen LogP contribution in [0.2, 0.25) is 0 Å². The maximum Gasteiger partial charge on any atom is 0.361 e. The van der Waals surface area contributed by atoms with Gasteiger partial charge < -0.3 is 14.2 Å². The lowest BCUT2D eigenvalue weighted by Crippen LogP contribution is -2.36. The van der Waals surface area contributed by atoms with Gasteiger partial charge in [-0.05, 0) is 24.0 Å². The summed E-state index contributed by atoms with van der Waals surface area (Å²) in [5.74, 6) is 0. The standard InChI is InChI=1S/C12H17O4P/c1-15-17(14,16-2)12(13)8-7-10-5-3-4-6-11(10)9-12/h3-6,13H,7-9H2,1-2H3. The number of hydrogen-bond acceptors (Lipinski definition) is 4. The van der Waals surface area contributed by atoms with E-state index in [-0.39, 0.29) is 0 Å². The normalized spacial score (nSPS) is 24.4. The van der Waals surface area contributed by atoms with E-state index in [1.54, 1.807) is 0 Å². The summed E-state index contributed by atoms with van der Waals surface area (Å²) < 4.78 is 22.2. The molecule has 1 aromatic rings. The predicted molar refractivity (Wildman–Crippen MR) is 65.0 cm³/mol. The van der Waals surface area contributed by atoms with Crippen molar-refractivity contribution in [2.75, 3.05) is 14.2 Å². The third-order valence-corrected chi connectivity index (χ3v) is 5.74. The number of fused-ring (bicyclic) bond motifs is 1. The number of aryl methyl sites for hydroxylation is 1. The zero-order chi connectivity index (χ0) is 12.5. The van der Waals surface area contributed by atoms with Gasteiger partial charge in [-0.25, -0.2) is 0 Å². The molecule has 2 rings (SSSR count). The van der Waals surface area contributed by atoms with Gasteiger partial charge in [-0.3, -0.25) is 4.57 Å². The Morgan fingerprint density at radius 1 is 1.24 bits per heavy atom. The zero-order valence-electron chi connectivity index (χ0n) is 10.0. The molecule has 0 aliphatic heterocycles. The first kappa shape index (κ1) is 12.8. The van der Waals surface area contributed by atoms with Crippen LogP contribution in [0.15, 0.2) is 24.3 Å². The van der Waals surface area contributed by atoms with E-state index in [2.05, 4.69) is 0 Å². The fraction of sp³-hybridized carbons (Fsp3) is 0.500. The summed E-state index contributed by atoms with van der Waals surface area (Å²) in [5, 5.41) is 9.11. The minimum atomic E-state index is -3.47. The molecule has 0 bridgehead atoms. The fourth-order valence-electron chi connectivity index (χ4n) is 2.35. The monoisotopic (exact) mass is 256 g/mol. The van der Waals surface area contributed by atoms with Crippen molar-refractivity contribution in [1.29, 1.82) is 0 Å². The van der Waals surface area contributed by atoms with Crippen LogP contribution in [0.3, 0.4) is 0 Å². The Balaban J connectivity index is 2.35. The van der Waals surface area contributed by atoms with Crippen LogP contribution in [0.25, 0.3) is 0 Å². The van der Waals surface area contributed by atoms with Crippen LogP contribution in [0.4, 0.5) is 0 Å². The lowest BCUT2D eigenvalue weighted by atomic mass is 9.89. The summed E-state index contributed by atoms with van der Waals surface area (Å²) in [6.07, 6.45) is 1.38. The Hall–Kier alpha value is -0.670. The highest BCUT2D eigenvalue weighted by atomic mass is 31.2. The van der Waals surface area contributed by atoms with E-state index in [4.69, 9.17) is 9.05 Å². The molecule has 1 aliphatic carbocycles. The number of aliphatic hydroxyl groups is 1. The van der Waals surface area contributed by atoms with Crippen LogP contribution >= 0.6 is 7.60 Å². The Bertz CT molecular complexity index is 452. The molecule has 94 valence electrons. The SMILES string of the molecule is COP(=O)(OC)C1(O)CCc2ccccc2C1. The smallest absolute Gasteiger partial charge is 0.361 e. The van der Waals surface area contributed by atoms with Crippen LogP contribution in [-0.2, 0) is 26.5 Å². The fourth-order valence-corrected chi connectivity index (χ4v) is 3.93. The summed E-state index contributed by atoms with van der Waals surface area (Å²) >= 11 is 0. The van der Waals surface area contributed by atoms with Crippen molar-refractivity contribution in [3.05, 3.63) is 35.4 Å². The van der Waals surface area contributed by atoms with Gasteiger partial charge in [-0.15, -0.1) is 0 Å². The first-order valence-corrected chi connectivity index (χ1v) is 7.10. The maximum atomic E-state index is 12.3. The van der Waals surface area contributed by atoms with E-state index in [1.165, 1.54) is 19.8 Å². The molecule has 0 amide bonds. The number of rotatable bonds is 3. The molecule has 0 saturated heterocycles. The molecule has 4 nitrogen and oxygen atoms in total. The third-order valence-electron chi connectivity index (χ3n) is 3.38. The molecule has 0 spiro atoms. The van der Waals surface area contributed by atoms with Crippen molar-refractivity contribution in [1.82, 2.24) is 0 Å². The molecule has 1 aliphatic rings. The Morgan fingerprint density at radius 2 is 1.82 bits per heavy atom. The summed E-state index contributed by atoms with van der Waals surface area (Å²) in [6, 6.07) is 7.85. The van der Waals surface area contributed by atoms with Gasteiger partial charge in [0.2, 0.25) is 0 Å². The molecular formula is C12H17O4P. The maximum absolute atomic E-state index is 12.3. The van der Waals surface area contributed by atoms with E-state index < -0.39 is 12.9 Å². The van der Waals surface area contributed by atoms with Gasteiger partial charge in [0.05, 0.1) is 0 Å². The van der Waals surface area contributed by atoms with Crippen LogP contribution < -0.4 is 0 Å². The largest absolute Gasteiger partial charge is 0.377 e. The first-order chi connectivity index (χ1) is 8.04. The van der Waals surface area contributed by atoms with Gasteiger partial charge in [0.15, 0.2) is 5.34 Å². The first-order valence-electron chi connectivity index (χ1n) is 5.55. The van der Waals surface area contributed by atoms with Crippen LogP contribution in [0.1, 0.15) is 17.5 Å². The highest BCUT2D eigenvalue weighted by Crippen LogP contribution is 2.61. The Kier molecular flexibility index (Phi) is 3.41. The minimum Gasteiger partial charge on any atom is -0.377 e. The average Bonchev–Trinajstić information content (AvgIpc) is 2.37. The van der Waals surface area contributed by atoms with Gasteiger partial charge in [0.25, 0.3) is 0 Å². The minimum absolute atomic E-state index is 0.308. The van der Waals surface area contributed by atoms with Crippen molar-refractivity contribution in [2.24, 2.45) is 0 Å². The summed E-state index contributed by atoms with van der Waals surface area (Å²) in [5.41, 5.74) is 2.20. The molecule has 17 heavy (non-hydrogen) atoms. The van der Waals surface area contributed by atoms with Crippen molar-refractivity contribution < 1.29 is 18.7 Å². The van der Waals surface area contributed by atoms with Crippen molar-refractivity contribution >= 4 is 7.60 Å². The molecule has 0 heterocycles. The highest BCUT2D eigenvalue weighted by Gasteiger charge is 2.50. The molecule has 1 unspecified atom stereocenters. The second kappa shape index (κ2) is 4.54. The Morgan fingerprint density at radius 3 is 2.41 bits per heavy atom. The van der Waals surface area contributed by atoms with E-state index in [0.29, 0.717) is 19.3 Å². The average molecular weight is 256 g/mol. The molecule has 5 heteroatoms. The van der Waals surface area contributed by atoms with Crippen LogP contribution in [-0.4, -0.2) is 24.7 Å². The van der Waals surface area contributed by atoms with E-state index in [9.17, 15) is 9.67 Å². The summed E-state index contributed by atoms with van der Waals surface area (Å²) in [4.78, 5) is 0. The predicted octanol–water partition coefficient (Wildman–Crippen LogP) is 2.35. The van der Waals surface area contributed by atoms with E-state index in [1.807, 2.05) is 24.3 Å². The van der Waals surface area contributed by atoms with Crippen LogP contribution in [0, 0.1) is 0 Å². The molecule has 1 atom stereocenters. The molecular weight excluding hydrogens is 239 g/mol. The molecule has 0 radical (unpaired) electrons. The van der Waals surface area contributed by atoms with Crippen molar-refractivity contribution in [3.8, 4) is 0 Å². The molecule has 0 saturated carbocycles. The zero-order valence-corrected chi connectivity index (χ0v) is 10.9. The van der Waals surface area contributed by atoms with Crippen molar-refractivity contribution in [3.63, 3.8) is 0 Å². The van der Waals surface area contributed by atoms with Gasteiger partial charge in [0.1, 0.15) is 0 Å². The number of benzene rings is 1. The topological polar surface area (TPSA) is 55.8 Å². The van der Waals surface area contributed by atoms with Gasteiger partial charge in [-0.2, -0.15) is 0 Å². The number of hydrogen-bond donors (Lipinski definition) is 1. The molecule has 1 aromatic carbocycles. The lowest BCUT2D eigenvalue weighted by Gasteiger charge is -2.36. The highest BCUT2D eigenvalue weighted by molar-refractivity contribution is 7.55. The third kappa shape index (κ3) is 2.06. The quantitative estimate of drug-likeness (QED) is 0.843. The second-order valence-corrected chi connectivity index (χ2v) is 6.85. The Labute approximate surface area is 101 Å². The second-order valence-electron chi connectivity index (χ2n) is 4.29. The molecule has 0 fully saturated rings. The van der Waals surface area contributed by atoms with E-state index >= 15 is 0 Å². The van der Waals surface area contributed by atoms with Gasteiger partial charge >= 0.3 is 7.60 Å². The molecule has 1 N–H and O–H groups in total. The lowest BCUT2D eigenvalue weighted by molar-refractivity contribution is 0.0661. The molecule has 0 aromatic heterocycles. The van der Waals surface area contributed by atoms with Crippen LogP contribution in [0.5, 0.6) is 0 Å². The van der Waals surface area contributed by atoms with E-state index in [0.717, 1.165) is 5.56 Å².